The minimum absolute atomic E-state index is 0.524. The van der Waals surface area contributed by atoms with Crippen LogP contribution >= 0.6 is 0 Å². The molecule has 94 valence electrons. The quantitative estimate of drug-likeness (QED) is 0.777. The van der Waals surface area contributed by atoms with Crippen LogP contribution in [0.2, 0.25) is 0 Å². The third kappa shape index (κ3) is 3.05. The van der Waals surface area contributed by atoms with E-state index in [4.69, 9.17) is 0 Å². The predicted molar refractivity (Wildman–Crippen MR) is 68.0 cm³/mol. The van der Waals surface area contributed by atoms with Crippen molar-refractivity contribution in [3.63, 3.8) is 0 Å². The van der Waals surface area contributed by atoms with Crippen LogP contribution in [0.15, 0.2) is 30.3 Å². The Labute approximate surface area is 102 Å². The average molecular weight is 236 g/mol. The molecule has 0 heterocycles. The van der Waals surface area contributed by atoms with Crippen LogP contribution in [0.5, 0.6) is 0 Å². The molecule has 0 aliphatic carbocycles. The molecule has 1 unspecified atom stereocenters. The van der Waals surface area contributed by atoms with Crippen LogP contribution in [-0.2, 0) is 10.3 Å². The van der Waals surface area contributed by atoms with Gasteiger partial charge in [0, 0.05) is 6.54 Å². The molecule has 1 rings (SSSR count). The fraction of sp³-hybridized carbons (Fsp3) is 0.462. The molecule has 4 heteroatoms. The van der Waals surface area contributed by atoms with Gasteiger partial charge in [-0.05, 0) is 33.1 Å². The lowest BCUT2D eigenvalue weighted by Gasteiger charge is -2.30. The SMILES string of the molecule is CNC(CCN(C)C)(C(=O)O)c1ccccc1. The van der Waals surface area contributed by atoms with Crippen molar-refractivity contribution in [3.8, 4) is 0 Å². The first-order chi connectivity index (χ1) is 8.03. The van der Waals surface area contributed by atoms with Crippen molar-refractivity contribution in [2.24, 2.45) is 0 Å². The summed E-state index contributed by atoms with van der Waals surface area (Å²) in [6, 6.07) is 9.30. The Kier molecular flexibility index (Phi) is 4.66. The maximum absolute atomic E-state index is 11.6. The van der Waals surface area contributed by atoms with Gasteiger partial charge in [-0.15, -0.1) is 0 Å². The standard InChI is InChI=1S/C13H20N2O2/c1-14-13(12(16)17,9-10-15(2)3)11-7-5-4-6-8-11/h4-8,14H,9-10H2,1-3H3,(H,16,17). The number of benzene rings is 1. The molecule has 0 spiro atoms. The lowest BCUT2D eigenvalue weighted by molar-refractivity contribution is -0.145. The van der Waals surface area contributed by atoms with Crippen molar-refractivity contribution in [2.45, 2.75) is 12.0 Å². The number of hydrogen-bond donors (Lipinski definition) is 2. The Morgan fingerprint density at radius 3 is 2.35 bits per heavy atom. The molecule has 0 fully saturated rings. The van der Waals surface area contributed by atoms with Gasteiger partial charge < -0.3 is 15.3 Å². The third-order valence-electron chi connectivity index (χ3n) is 2.99. The van der Waals surface area contributed by atoms with Gasteiger partial charge in [-0.1, -0.05) is 30.3 Å². The second-order valence-electron chi connectivity index (χ2n) is 4.38. The molecule has 0 saturated carbocycles. The number of likely N-dealkylation sites (N-methyl/N-ethyl adjacent to an activating group) is 1. The number of carboxylic acid groups (broad SMARTS) is 1. The summed E-state index contributed by atoms with van der Waals surface area (Å²) < 4.78 is 0. The van der Waals surface area contributed by atoms with Gasteiger partial charge in [0.25, 0.3) is 0 Å². The second kappa shape index (κ2) is 5.80. The fourth-order valence-electron chi connectivity index (χ4n) is 1.86. The van der Waals surface area contributed by atoms with Crippen molar-refractivity contribution in [1.29, 1.82) is 0 Å². The zero-order valence-corrected chi connectivity index (χ0v) is 10.6. The Morgan fingerprint density at radius 1 is 1.35 bits per heavy atom. The van der Waals surface area contributed by atoms with Crippen LogP contribution in [0, 0.1) is 0 Å². The number of nitrogens with zero attached hydrogens (tertiary/aromatic N) is 1. The monoisotopic (exact) mass is 236 g/mol. The molecule has 0 aliphatic rings. The first-order valence-corrected chi connectivity index (χ1v) is 5.65. The first kappa shape index (κ1) is 13.7. The number of aliphatic carboxylic acids is 1. The van der Waals surface area contributed by atoms with E-state index in [1.54, 1.807) is 7.05 Å². The van der Waals surface area contributed by atoms with Gasteiger partial charge in [-0.2, -0.15) is 0 Å². The molecule has 1 aromatic carbocycles. The molecule has 0 radical (unpaired) electrons. The van der Waals surface area contributed by atoms with Gasteiger partial charge in [0.2, 0.25) is 0 Å². The maximum Gasteiger partial charge on any atom is 0.328 e. The Bertz CT molecular complexity index is 365. The molecular formula is C13H20N2O2. The highest BCUT2D eigenvalue weighted by Crippen LogP contribution is 2.25. The van der Waals surface area contributed by atoms with Crippen molar-refractivity contribution in [2.75, 3.05) is 27.7 Å². The number of carbonyl (C=O) groups is 1. The third-order valence-corrected chi connectivity index (χ3v) is 2.99. The minimum Gasteiger partial charge on any atom is -0.480 e. The summed E-state index contributed by atoms with van der Waals surface area (Å²) in [6.45, 7) is 0.710. The molecule has 4 nitrogen and oxygen atoms in total. The Balaban J connectivity index is 3.05. The van der Waals surface area contributed by atoms with Crippen LogP contribution < -0.4 is 5.32 Å². The number of hydrogen-bond acceptors (Lipinski definition) is 3. The molecule has 2 N–H and O–H groups in total. The van der Waals surface area contributed by atoms with E-state index in [9.17, 15) is 9.90 Å². The molecule has 0 amide bonds. The normalized spacial score (nSPS) is 14.6. The lowest BCUT2D eigenvalue weighted by Crippen LogP contribution is -2.49. The van der Waals surface area contributed by atoms with E-state index in [0.717, 1.165) is 5.56 Å². The van der Waals surface area contributed by atoms with Crippen molar-refractivity contribution >= 4 is 5.97 Å². The summed E-state index contributed by atoms with van der Waals surface area (Å²) in [5.74, 6) is -0.840. The minimum atomic E-state index is -1.01. The molecule has 0 aliphatic heterocycles. The van der Waals surface area contributed by atoms with Gasteiger partial charge >= 0.3 is 5.97 Å². The number of rotatable bonds is 6. The second-order valence-corrected chi connectivity index (χ2v) is 4.38. The largest absolute Gasteiger partial charge is 0.480 e. The van der Waals surface area contributed by atoms with E-state index in [-0.39, 0.29) is 0 Å². The van der Waals surface area contributed by atoms with Gasteiger partial charge in [0.15, 0.2) is 0 Å². The van der Waals surface area contributed by atoms with E-state index in [1.807, 2.05) is 49.3 Å². The van der Waals surface area contributed by atoms with Crippen molar-refractivity contribution < 1.29 is 9.90 Å². The summed E-state index contributed by atoms with van der Waals surface area (Å²) in [5, 5.41) is 12.5. The molecule has 0 aromatic heterocycles. The van der Waals surface area contributed by atoms with Gasteiger partial charge in [0.05, 0.1) is 0 Å². The molecule has 1 atom stereocenters. The van der Waals surface area contributed by atoms with Crippen LogP contribution in [0.4, 0.5) is 0 Å². The summed E-state index contributed by atoms with van der Waals surface area (Å²) in [5.41, 5.74) is -0.220. The molecule has 17 heavy (non-hydrogen) atoms. The molecular weight excluding hydrogens is 216 g/mol. The van der Waals surface area contributed by atoms with Crippen LogP contribution in [-0.4, -0.2) is 43.7 Å². The van der Waals surface area contributed by atoms with Crippen LogP contribution in [0.3, 0.4) is 0 Å². The van der Waals surface area contributed by atoms with Gasteiger partial charge in [-0.25, -0.2) is 4.79 Å². The number of nitrogens with one attached hydrogen (secondary N) is 1. The fourth-order valence-corrected chi connectivity index (χ4v) is 1.86. The van der Waals surface area contributed by atoms with E-state index in [0.29, 0.717) is 13.0 Å². The summed E-state index contributed by atoms with van der Waals surface area (Å²) >= 11 is 0. The smallest absolute Gasteiger partial charge is 0.328 e. The maximum atomic E-state index is 11.6. The summed E-state index contributed by atoms with van der Waals surface area (Å²) in [6.07, 6.45) is 0.524. The summed E-state index contributed by atoms with van der Waals surface area (Å²) in [7, 11) is 5.57. The number of carboxylic acids is 1. The van der Waals surface area contributed by atoms with Crippen molar-refractivity contribution in [3.05, 3.63) is 35.9 Å². The first-order valence-electron chi connectivity index (χ1n) is 5.65. The van der Waals surface area contributed by atoms with E-state index in [1.165, 1.54) is 0 Å². The summed E-state index contributed by atoms with van der Waals surface area (Å²) in [4.78, 5) is 13.6. The molecule has 0 saturated heterocycles. The van der Waals surface area contributed by atoms with E-state index < -0.39 is 11.5 Å². The Morgan fingerprint density at radius 2 is 1.94 bits per heavy atom. The van der Waals surface area contributed by atoms with Crippen LogP contribution in [0.25, 0.3) is 0 Å². The van der Waals surface area contributed by atoms with Crippen LogP contribution in [0.1, 0.15) is 12.0 Å². The topological polar surface area (TPSA) is 52.6 Å². The molecule has 1 aromatic rings. The zero-order chi connectivity index (χ0) is 12.9. The highest BCUT2D eigenvalue weighted by Gasteiger charge is 2.38. The lowest BCUT2D eigenvalue weighted by atomic mass is 9.86. The van der Waals surface area contributed by atoms with E-state index >= 15 is 0 Å². The zero-order valence-electron chi connectivity index (χ0n) is 10.6. The Hall–Kier alpha value is -1.39. The predicted octanol–water partition coefficient (Wildman–Crippen LogP) is 1.14. The van der Waals surface area contributed by atoms with Crippen molar-refractivity contribution in [1.82, 2.24) is 10.2 Å². The average Bonchev–Trinajstić information content (AvgIpc) is 2.31. The van der Waals surface area contributed by atoms with Gasteiger partial charge in [-0.3, -0.25) is 0 Å². The molecule has 0 bridgehead atoms. The highest BCUT2D eigenvalue weighted by atomic mass is 16.4. The highest BCUT2D eigenvalue weighted by molar-refractivity contribution is 5.80. The van der Waals surface area contributed by atoms with Gasteiger partial charge in [0.1, 0.15) is 5.54 Å². The van der Waals surface area contributed by atoms with E-state index in [2.05, 4.69) is 5.32 Å².